The number of aromatic nitrogens is 1. The van der Waals surface area contributed by atoms with E-state index in [4.69, 9.17) is 28.9 Å². The Labute approximate surface area is 187 Å². The molecule has 0 spiro atoms. The van der Waals surface area contributed by atoms with Crippen LogP contribution in [-0.2, 0) is 9.59 Å². The van der Waals surface area contributed by atoms with Gasteiger partial charge >= 0.3 is 5.97 Å². The van der Waals surface area contributed by atoms with E-state index < -0.39 is 17.8 Å². The van der Waals surface area contributed by atoms with Gasteiger partial charge in [0.2, 0.25) is 0 Å². The highest BCUT2D eigenvalue weighted by molar-refractivity contribution is 7.80. The van der Waals surface area contributed by atoms with E-state index in [1.165, 1.54) is 23.1 Å². The molecule has 9 heteroatoms. The minimum absolute atomic E-state index is 0.0333. The first kappa shape index (κ1) is 20.5. The van der Waals surface area contributed by atoms with Gasteiger partial charge in [-0.1, -0.05) is 17.7 Å². The Morgan fingerprint density at radius 2 is 1.77 bits per heavy atom. The van der Waals surface area contributed by atoms with Gasteiger partial charge < -0.3 is 9.67 Å². The maximum absolute atomic E-state index is 13.1. The molecular weight excluding hydrogens is 438 g/mol. The number of carboxylic acid groups (broad SMARTS) is 1. The fourth-order valence-corrected chi connectivity index (χ4v) is 3.63. The van der Waals surface area contributed by atoms with E-state index >= 15 is 0 Å². The zero-order chi connectivity index (χ0) is 22.1. The predicted octanol–water partition coefficient (Wildman–Crippen LogP) is 3.66. The number of anilines is 1. The van der Waals surface area contributed by atoms with Crippen LogP contribution in [0.1, 0.15) is 16.1 Å². The number of aromatic carboxylic acids is 1. The lowest BCUT2D eigenvalue weighted by atomic mass is 10.1. The third kappa shape index (κ3) is 3.98. The zero-order valence-electron chi connectivity index (χ0n) is 15.8. The monoisotopic (exact) mass is 451 g/mol. The Balaban J connectivity index is 1.72. The zero-order valence-corrected chi connectivity index (χ0v) is 17.4. The van der Waals surface area contributed by atoms with Crippen LogP contribution >= 0.6 is 23.8 Å². The minimum Gasteiger partial charge on any atom is -0.478 e. The van der Waals surface area contributed by atoms with E-state index in [1.54, 1.807) is 59.3 Å². The number of halogens is 1. The third-order valence-electron chi connectivity index (χ3n) is 4.63. The SMILES string of the molecule is O=C1NC(=S)N(c2cccc(Cl)c2)C(=O)/C1=C\c1cccn1-c1ccc(C(=O)O)cc1. The van der Waals surface area contributed by atoms with Gasteiger partial charge in [0.1, 0.15) is 5.57 Å². The largest absolute Gasteiger partial charge is 0.478 e. The molecule has 0 atom stereocenters. The van der Waals surface area contributed by atoms with E-state index in [0.29, 0.717) is 22.1 Å². The molecule has 1 aliphatic rings. The number of rotatable bonds is 4. The maximum Gasteiger partial charge on any atom is 0.335 e. The number of amides is 2. The number of carbonyl (C=O) groups is 3. The summed E-state index contributed by atoms with van der Waals surface area (Å²) < 4.78 is 1.73. The number of hydrogen-bond acceptors (Lipinski definition) is 4. The van der Waals surface area contributed by atoms with Crippen molar-refractivity contribution < 1.29 is 19.5 Å². The van der Waals surface area contributed by atoms with Crippen LogP contribution in [0.5, 0.6) is 0 Å². The number of nitrogens with zero attached hydrogens (tertiary/aromatic N) is 2. The second-order valence-corrected chi connectivity index (χ2v) is 7.42. The van der Waals surface area contributed by atoms with Crippen molar-refractivity contribution >= 4 is 58.5 Å². The van der Waals surface area contributed by atoms with Crippen LogP contribution < -0.4 is 10.2 Å². The molecule has 2 N–H and O–H groups in total. The molecule has 154 valence electrons. The van der Waals surface area contributed by atoms with Gasteiger partial charge in [-0.2, -0.15) is 0 Å². The summed E-state index contributed by atoms with van der Waals surface area (Å²) in [6.07, 6.45) is 3.20. The smallest absolute Gasteiger partial charge is 0.335 e. The predicted molar refractivity (Wildman–Crippen MR) is 120 cm³/mol. The normalized spacial score (nSPS) is 15.3. The Hall–Kier alpha value is -3.75. The lowest BCUT2D eigenvalue weighted by Gasteiger charge is -2.29. The Bertz CT molecular complexity index is 1260. The molecule has 0 radical (unpaired) electrons. The molecule has 0 saturated carbocycles. The average molecular weight is 452 g/mol. The summed E-state index contributed by atoms with van der Waals surface area (Å²) in [5, 5.41) is 12.0. The van der Waals surface area contributed by atoms with E-state index in [9.17, 15) is 14.4 Å². The third-order valence-corrected chi connectivity index (χ3v) is 5.15. The van der Waals surface area contributed by atoms with Crippen molar-refractivity contribution in [2.75, 3.05) is 4.90 Å². The second-order valence-electron chi connectivity index (χ2n) is 6.59. The van der Waals surface area contributed by atoms with Crippen molar-refractivity contribution in [1.82, 2.24) is 9.88 Å². The molecule has 2 aromatic carbocycles. The first-order valence-electron chi connectivity index (χ1n) is 9.03. The lowest BCUT2D eigenvalue weighted by Crippen LogP contribution is -2.54. The summed E-state index contributed by atoms with van der Waals surface area (Å²) in [6, 6.07) is 16.3. The number of carboxylic acids is 1. The highest BCUT2D eigenvalue weighted by Crippen LogP contribution is 2.25. The highest BCUT2D eigenvalue weighted by Gasteiger charge is 2.34. The summed E-state index contributed by atoms with van der Waals surface area (Å²) in [7, 11) is 0. The Kier molecular flexibility index (Phi) is 5.41. The van der Waals surface area contributed by atoms with Gasteiger partial charge in [-0.05, 0) is 72.9 Å². The second kappa shape index (κ2) is 8.17. The topological polar surface area (TPSA) is 91.6 Å². The molecule has 4 rings (SSSR count). The first-order chi connectivity index (χ1) is 14.8. The molecular formula is C22H14ClN3O4S. The van der Waals surface area contributed by atoms with Gasteiger partial charge in [0.15, 0.2) is 5.11 Å². The van der Waals surface area contributed by atoms with Crippen LogP contribution in [-0.4, -0.2) is 32.6 Å². The van der Waals surface area contributed by atoms with Crippen molar-refractivity contribution in [2.45, 2.75) is 0 Å². The molecule has 1 fully saturated rings. The fraction of sp³-hybridized carbons (Fsp3) is 0. The number of benzene rings is 2. The van der Waals surface area contributed by atoms with Crippen LogP contribution in [0.4, 0.5) is 5.69 Å². The molecule has 1 aliphatic heterocycles. The summed E-state index contributed by atoms with van der Waals surface area (Å²) in [5.41, 5.74) is 1.72. The van der Waals surface area contributed by atoms with Gasteiger partial charge in [-0.3, -0.25) is 19.8 Å². The van der Waals surface area contributed by atoms with Gasteiger partial charge in [0.25, 0.3) is 11.8 Å². The molecule has 1 saturated heterocycles. The fourth-order valence-electron chi connectivity index (χ4n) is 3.17. The van der Waals surface area contributed by atoms with Crippen LogP contribution in [0.15, 0.2) is 72.4 Å². The molecule has 1 aromatic heterocycles. The van der Waals surface area contributed by atoms with Gasteiger partial charge in [0, 0.05) is 22.6 Å². The van der Waals surface area contributed by atoms with E-state index in [0.717, 1.165) is 0 Å². The van der Waals surface area contributed by atoms with Gasteiger partial charge in [0.05, 0.1) is 11.3 Å². The summed E-state index contributed by atoms with van der Waals surface area (Å²) in [5.74, 6) is -2.21. The number of hydrogen-bond donors (Lipinski definition) is 2. The molecule has 0 aliphatic carbocycles. The maximum atomic E-state index is 13.1. The lowest BCUT2D eigenvalue weighted by molar-refractivity contribution is -0.122. The Morgan fingerprint density at radius 1 is 1.03 bits per heavy atom. The van der Waals surface area contributed by atoms with Crippen molar-refractivity contribution in [3.63, 3.8) is 0 Å². The highest BCUT2D eigenvalue weighted by atomic mass is 35.5. The standard InChI is InChI=1S/C22H14ClN3O4S/c23-14-3-1-4-17(11-14)26-20(28)18(19(27)24-22(26)31)12-16-5-2-10-25(16)15-8-6-13(7-9-15)21(29)30/h1-12H,(H,29,30)(H,24,27,31)/b18-12-. The summed E-state index contributed by atoms with van der Waals surface area (Å²) in [6.45, 7) is 0. The van der Waals surface area contributed by atoms with Crippen LogP contribution in [0.25, 0.3) is 11.8 Å². The molecule has 2 amide bonds. The van der Waals surface area contributed by atoms with Gasteiger partial charge in [-0.25, -0.2) is 4.79 Å². The van der Waals surface area contributed by atoms with Crippen molar-refractivity contribution in [1.29, 1.82) is 0 Å². The van der Waals surface area contributed by atoms with Crippen molar-refractivity contribution in [3.05, 3.63) is 88.7 Å². The van der Waals surface area contributed by atoms with Crippen molar-refractivity contribution in [3.8, 4) is 5.69 Å². The molecule has 2 heterocycles. The van der Waals surface area contributed by atoms with E-state index in [-0.39, 0.29) is 16.2 Å². The van der Waals surface area contributed by atoms with Crippen molar-refractivity contribution in [2.24, 2.45) is 0 Å². The number of carbonyl (C=O) groups excluding carboxylic acids is 2. The van der Waals surface area contributed by atoms with Crippen LogP contribution in [0, 0.1) is 0 Å². The van der Waals surface area contributed by atoms with Crippen LogP contribution in [0.2, 0.25) is 5.02 Å². The molecule has 7 nitrogen and oxygen atoms in total. The first-order valence-corrected chi connectivity index (χ1v) is 9.82. The summed E-state index contributed by atoms with van der Waals surface area (Å²) >= 11 is 11.2. The molecule has 0 unspecified atom stereocenters. The average Bonchev–Trinajstić information content (AvgIpc) is 3.19. The molecule has 0 bridgehead atoms. The quantitative estimate of drug-likeness (QED) is 0.359. The summed E-state index contributed by atoms with van der Waals surface area (Å²) in [4.78, 5) is 38.0. The van der Waals surface area contributed by atoms with E-state index in [2.05, 4.69) is 5.32 Å². The minimum atomic E-state index is -1.03. The molecule has 31 heavy (non-hydrogen) atoms. The van der Waals surface area contributed by atoms with E-state index in [1.807, 2.05) is 0 Å². The Morgan fingerprint density at radius 3 is 2.45 bits per heavy atom. The van der Waals surface area contributed by atoms with Gasteiger partial charge in [-0.15, -0.1) is 0 Å². The number of nitrogens with one attached hydrogen (secondary N) is 1. The van der Waals surface area contributed by atoms with Crippen LogP contribution in [0.3, 0.4) is 0 Å². The molecule has 3 aromatic rings. The number of thiocarbonyl (C=S) groups is 1.